The molecule has 0 bridgehead atoms. The predicted octanol–water partition coefficient (Wildman–Crippen LogP) is 2.46. The molecular formula is C17H23N3O8. The number of nitrogens with zero attached hydrogens (tertiary/aromatic N) is 1. The van der Waals surface area contributed by atoms with Gasteiger partial charge < -0.3 is 25.6 Å². The molecule has 154 valence electrons. The van der Waals surface area contributed by atoms with Gasteiger partial charge in [-0.1, -0.05) is 0 Å². The van der Waals surface area contributed by atoms with E-state index < -0.39 is 40.3 Å². The van der Waals surface area contributed by atoms with E-state index in [2.05, 4.69) is 10.6 Å². The van der Waals surface area contributed by atoms with Crippen LogP contribution >= 0.6 is 0 Å². The highest BCUT2D eigenvalue weighted by Gasteiger charge is 2.24. The van der Waals surface area contributed by atoms with Crippen LogP contribution in [0.15, 0.2) is 18.2 Å². The number of nitro benzene ring substituents is 1. The van der Waals surface area contributed by atoms with Crippen LogP contribution in [0.4, 0.5) is 16.2 Å². The Hall–Kier alpha value is -3.37. The number of hydrogen-bond donors (Lipinski definition) is 4. The number of aliphatic carboxylic acids is 1. The molecule has 4 N–H and O–H groups in total. The van der Waals surface area contributed by atoms with Crippen molar-refractivity contribution in [2.24, 2.45) is 0 Å². The lowest BCUT2D eigenvalue weighted by atomic mass is 10.1. The molecular weight excluding hydrogens is 374 g/mol. The zero-order valence-corrected chi connectivity index (χ0v) is 15.7. The minimum Gasteiger partial charge on any atom is -0.480 e. The molecule has 0 radical (unpaired) electrons. The molecule has 0 aromatic heterocycles. The van der Waals surface area contributed by atoms with Crippen molar-refractivity contribution in [2.45, 2.75) is 45.3 Å². The number of benzene rings is 1. The molecule has 11 heteroatoms. The topological polar surface area (TPSA) is 168 Å². The van der Waals surface area contributed by atoms with E-state index in [1.165, 1.54) is 12.1 Å². The number of ether oxygens (including phenoxy) is 1. The summed E-state index contributed by atoms with van der Waals surface area (Å²) in [5.74, 6) is -2.52. The highest BCUT2D eigenvalue weighted by molar-refractivity contribution is 5.89. The number of nitrogens with one attached hydrogen (secondary N) is 2. The third-order valence-corrected chi connectivity index (χ3v) is 3.42. The lowest BCUT2D eigenvalue weighted by molar-refractivity contribution is -0.384. The summed E-state index contributed by atoms with van der Waals surface area (Å²) in [5, 5.41) is 34.2. The zero-order valence-electron chi connectivity index (χ0n) is 15.7. The number of carbonyl (C=O) groups is 3. The van der Waals surface area contributed by atoms with Crippen molar-refractivity contribution in [1.29, 1.82) is 0 Å². The van der Waals surface area contributed by atoms with Crippen LogP contribution in [-0.2, 0) is 9.53 Å². The molecule has 0 fully saturated rings. The van der Waals surface area contributed by atoms with E-state index in [-0.39, 0.29) is 30.6 Å². The second-order valence-corrected chi connectivity index (χ2v) is 6.90. The third-order valence-electron chi connectivity index (χ3n) is 3.42. The van der Waals surface area contributed by atoms with Gasteiger partial charge in [0, 0.05) is 12.6 Å². The van der Waals surface area contributed by atoms with Crippen LogP contribution in [0.5, 0.6) is 0 Å². The summed E-state index contributed by atoms with van der Waals surface area (Å²) in [7, 11) is 0. The van der Waals surface area contributed by atoms with Gasteiger partial charge in [-0.3, -0.25) is 10.1 Å². The Morgan fingerprint density at radius 2 is 1.89 bits per heavy atom. The number of carboxylic acids is 2. The average molecular weight is 397 g/mol. The number of amides is 1. The normalized spacial score (nSPS) is 12.0. The van der Waals surface area contributed by atoms with Gasteiger partial charge >= 0.3 is 18.0 Å². The Labute approximate surface area is 160 Å². The molecule has 0 aliphatic rings. The maximum absolute atomic E-state index is 11.7. The fraction of sp³-hybridized carbons (Fsp3) is 0.471. The van der Waals surface area contributed by atoms with E-state index in [9.17, 15) is 29.6 Å². The first-order chi connectivity index (χ1) is 12.9. The number of carbonyl (C=O) groups excluding carboxylic acids is 1. The van der Waals surface area contributed by atoms with Crippen molar-refractivity contribution in [3.8, 4) is 0 Å². The van der Waals surface area contributed by atoms with Gasteiger partial charge in [0.25, 0.3) is 5.69 Å². The van der Waals surface area contributed by atoms with Crippen LogP contribution in [0.2, 0.25) is 0 Å². The Morgan fingerprint density at radius 3 is 2.39 bits per heavy atom. The monoisotopic (exact) mass is 397 g/mol. The molecule has 0 aliphatic heterocycles. The van der Waals surface area contributed by atoms with E-state index in [4.69, 9.17) is 9.84 Å². The number of alkyl carbamates (subject to hydrolysis) is 1. The summed E-state index contributed by atoms with van der Waals surface area (Å²) in [6, 6.07) is 2.26. The minimum atomic E-state index is -1.29. The van der Waals surface area contributed by atoms with Gasteiger partial charge in [-0.15, -0.1) is 0 Å². The molecule has 0 saturated heterocycles. The largest absolute Gasteiger partial charge is 0.480 e. The number of anilines is 1. The van der Waals surface area contributed by atoms with Gasteiger partial charge in [-0.05, 0) is 45.7 Å². The predicted molar refractivity (Wildman–Crippen MR) is 98.6 cm³/mol. The van der Waals surface area contributed by atoms with E-state index in [0.717, 1.165) is 6.07 Å². The molecule has 0 heterocycles. The Balaban J connectivity index is 2.64. The lowest BCUT2D eigenvalue weighted by Crippen LogP contribution is -2.43. The Kier molecular flexibility index (Phi) is 7.72. The highest BCUT2D eigenvalue weighted by Crippen LogP contribution is 2.25. The second-order valence-electron chi connectivity index (χ2n) is 6.90. The fourth-order valence-electron chi connectivity index (χ4n) is 2.20. The molecule has 0 saturated carbocycles. The van der Waals surface area contributed by atoms with Gasteiger partial charge in [0.05, 0.1) is 10.5 Å². The summed E-state index contributed by atoms with van der Waals surface area (Å²) < 4.78 is 5.01. The molecule has 0 spiro atoms. The van der Waals surface area contributed by atoms with Gasteiger partial charge in [-0.25, -0.2) is 14.4 Å². The molecule has 0 unspecified atom stereocenters. The molecule has 1 rings (SSSR count). The summed E-state index contributed by atoms with van der Waals surface area (Å²) in [6.07, 6.45) is -0.527. The summed E-state index contributed by atoms with van der Waals surface area (Å²) in [4.78, 5) is 44.3. The second kappa shape index (κ2) is 9.53. The maximum Gasteiger partial charge on any atom is 0.408 e. The molecule has 0 aliphatic carbocycles. The first kappa shape index (κ1) is 22.7. The zero-order chi connectivity index (χ0) is 21.5. The molecule has 1 aromatic carbocycles. The Bertz CT molecular complexity index is 757. The minimum absolute atomic E-state index is 0.0581. The van der Waals surface area contributed by atoms with Crippen molar-refractivity contribution in [2.75, 3.05) is 11.9 Å². The summed E-state index contributed by atoms with van der Waals surface area (Å²) >= 11 is 0. The standard InChI is InChI=1S/C17H23N3O8/c1-17(2,3)28-16(25)19-12(15(23)24)5-4-8-18-11-7-6-10(14(21)22)9-13(11)20(26)27/h6-7,9,12,18H,4-5,8H2,1-3H3,(H,19,25)(H,21,22)(H,23,24)/t12-/m0/s1. The number of nitro groups is 1. The number of rotatable bonds is 9. The van der Waals surface area contributed by atoms with Crippen molar-refractivity contribution < 1.29 is 34.3 Å². The highest BCUT2D eigenvalue weighted by atomic mass is 16.6. The van der Waals surface area contributed by atoms with Crippen LogP contribution in [-0.4, -0.2) is 51.4 Å². The quantitative estimate of drug-likeness (QED) is 0.278. The average Bonchev–Trinajstić information content (AvgIpc) is 2.55. The third kappa shape index (κ3) is 7.48. The van der Waals surface area contributed by atoms with E-state index in [1.54, 1.807) is 20.8 Å². The molecule has 1 aromatic rings. The van der Waals surface area contributed by atoms with Gasteiger partial charge in [0.2, 0.25) is 0 Å². The van der Waals surface area contributed by atoms with Crippen molar-refractivity contribution in [1.82, 2.24) is 5.32 Å². The number of aromatic carboxylic acids is 1. The molecule has 11 nitrogen and oxygen atoms in total. The fourth-order valence-corrected chi connectivity index (χ4v) is 2.20. The van der Waals surface area contributed by atoms with Crippen molar-refractivity contribution in [3.63, 3.8) is 0 Å². The number of carboxylic acid groups (broad SMARTS) is 2. The number of hydrogen-bond acceptors (Lipinski definition) is 7. The summed E-state index contributed by atoms with van der Waals surface area (Å²) in [6.45, 7) is 5.12. The first-order valence-corrected chi connectivity index (χ1v) is 8.38. The SMILES string of the molecule is CC(C)(C)OC(=O)N[C@@H](CCCNc1ccc(C(=O)O)cc1[N+](=O)[O-])C(=O)O. The van der Waals surface area contributed by atoms with Crippen LogP contribution in [0, 0.1) is 10.1 Å². The van der Waals surface area contributed by atoms with Crippen LogP contribution in [0.3, 0.4) is 0 Å². The maximum atomic E-state index is 11.7. The van der Waals surface area contributed by atoms with E-state index in [0.29, 0.717) is 0 Å². The lowest BCUT2D eigenvalue weighted by Gasteiger charge is -2.22. The van der Waals surface area contributed by atoms with E-state index in [1.807, 2.05) is 0 Å². The first-order valence-electron chi connectivity index (χ1n) is 8.38. The smallest absolute Gasteiger partial charge is 0.408 e. The summed E-state index contributed by atoms with van der Waals surface area (Å²) in [5.41, 5.74) is -1.27. The van der Waals surface area contributed by atoms with Gasteiger partial charge in [0.15, 0.2) is 0 Å². The van der Waals surface area contributed by atoms with Gasteiger partial charge in [-0.2, -0.15) is 0 Å². The van der Waals surface area contributed by atoms with Crippen molar-refractivity contribution >= 4 is 29.4 Å². The molecule has 1 atom stereocenters. The van der Waals surface area contributed by atoms with Crippen LogP contribution in [0.1, 0.15) is 44.0 Å². The Morgan fingerprint density at radius 1 is 1.25 bits per heavy atom. The molecule has 1 amide bonds. The van der Waals surface area contributed by atoms with Gasteiger partial charge in [0.1, 0.15) is 17.3 Å². The van der Waals surface area contributed by atoms with E-state index >= 15 is 0 Å². The van der Waals surface area contributed by atoms with Crippen LogP contribution in [0.25, 0.3) is 0 Å². The van der Waals surface area contributed by atoms with Crippen molar-refractivity contribution in [3.05, 3.63) is 33.9 Å². The van der Waals surface area contributed by atoms with Crippen LogP contribution < -0.4 is 10.6 Å². The molecule has 28 heavy (non-hydrogen) atoms.